The lowest BCUT2D eigenvalue weighted by atomic mass is 9.99. The summed E-state index contributed by atoms with van der Waals surface area (Å²) in [6.45, 7) is 6.48. The first-order chi connectivity index (χ1) is 9.72. The van der Waals surface area contributed by atoms with Gasteiger partial charge < -0.3 is 10.6 Å². The van der Waals surface area contributed by atoms with E-state index >= 15 is 0 Å². The molecular formula is C14H21F3N4. The van der Waals surface area contributed by atoms with Crippen molar-refractivity contribution in [1.29, 1.82) is 0 Å². The highest BCUT2D eigenvalue weighted by atomic mass is 19.4. The zero-order valence-electron chi connectivity index (χ0n) is 12.5. The molecule has 0 amide bonds. The van der Waals surface area contributed by atoms with Crippen LogP contribution in [-0.4, -0.2) is 22.1 Å². The molecule has 0 bridgehead atoms. The SMILES string of the molecule is CCCNc1cc(NC(C)(C)C2CC2)nc(C(F)(F)F)n1. The molecule has 0 aliphatic heterocycles. The molecule has 1 aromatic heterocycles. The molecule has 1 fully saturated rings. The highest BCUT2D eigenvalue weighted by molar-refractivity contribution is 5.49. The molecule has 0 radical (unpaired) electrons. The largest absolute Gasteiger partial charge is 0.451 e. The molecule has 1 aliphatic rings. The summed E-state index contributed by atoms with van der Waals surface area (Å²) >= 11 is 0. The Balaban J connectivity index is 2.26. The van der Waals surface area contributed by atoms with Crippen LogP contribution >= 0.6 is 0 Å². The van der Waals surface area contributed by atoms with E-state index in [1.165, 1.54) is 6.07 Å². The van der Waals surface area contributed by atoms with Crippen molar-refractivity contribution in [3.8, 4) is 0 Å². The van der Waals surface area contributed by atoms with Gasteiger partial charge in [-0.1, -0.05) is 6.92 Å². The van der Waals surface area contributed by atoms with Crippen LogP contribution in [0.2, 0.25) is 0 Å². The summed E-state index contributed by atoms with van der Waals surface area (Å²) in [5.41, 5.74) is -0.265. The Labute approximate surface area is 122 Å². The van der Waals surface area contributed by atoms with Gasteiger partial charge in [0.15, 0.2) is 0 Å². The van der Waals surface area contributed by atoms with E-state index in [0.717, 1.165) is 19.3 Å². The summed E-state index contributed by atoms with van der Waals surface area (Å²) in [6.07, 6.45) is -1.55. The number of rotatable bonds is 6. The zero-order chi connectivity index (χ0) is 15.7. The fraction of sp³-hybridized carbons (Fsp3) is 0.714. The van der Waals surface area contributed by atoms with Crippen LogP contribution in [0.5, 0.6) is 0 Å². The quantitative estimate of drug-likeness (QED) is 0.836. The van der Waals surface area contributed by atoms with Crippen molar-refractivity contribution in [2.75, 3.05) is 17.2 Å². The molecular weight excluding hydrogens is 281 g/mol. The first-order valence-electron chi connectivity index (χ1n) is 7.20. The van der Waals surface area contributed by atoms with Gasteiger partial charge in [-0.3, -0.25) is 0 Å². The molecule has 1 aromatic rings. The number of hydrogen-bond donors (Lipinski definition) is 2. The van der Waals surface area contributed by atoms with Gasteiger partial charge in [-0.2, -0.15) is 13.2 Å². The summed E-state index contributed by atoms with van der Waals surface area (Å²) in [6, 6.07) is 1.54. The molecule has 2 N–H and O–H groups in total. The Morgan fingerprint density at radius 2 is 1.81 bits per heavy atom. The van der Waals surface area contributed by atoms with Crippen LogP contribution in [0, 0.1) is 5.92 Å². The molecule has 0 spiro atoms. The third kappa shape index (κ3) is 4.22. The van der Waals surface area contributed by atoms with E-state index in [9.17, 15) is 13.2 Å². The first-order valence-corrected chi connectivity index (χ1v) is 7.20. The maximum Gasteiger partial charge on any atom is 0.451 e. The topological polar surface area (TPSA) is 49.8 Å². The summed E-state index contributed by atoms with van der Waals surface area (Å²) in [4.78, 5) is 7.17. The molecule has 1 heterocycles. The lowest BCUT2D eigenvalue weighted by Gasteiger charge is -2.27. The van der Waals surface area contributed by atoms with Gasteiger partial charge in [-0.25, -0.2) is 9.97 Å². The number of halogens is 3. The minimum Gasteiger partial charge on any atom is -0.370 e. The van der Waals surface area contributed by atoms with Crippen molar-refractivity contribution in [1.82, 2.24) is 9.97 Å². The standard InChI is InChI=1S/C14H21F3N4/c1-4-7-18-10-8-11(20-12(19-10)14(15,16)17)21-13(2,3)9-5-6-9/h8-9H,4-7H2,1-3H3,(H2,18,19,20,21). The Hall–Kier alpha value is -1.53. The van der Waals surface area contributed by atoms with Crippen LogP contribution in [0.1, 0.15) is 45.9 Å². The van der Waals surface area contributed by atoms with Gasteiger partial charge in [0.25, 0.3) is 0 Å². The molecule has 0 atom stereocenters. The summed E-state index contributed by atoms with van der Waals surface area (Å²) in [5, 5.41) is 6.01. The van der Waals surface area contributed by atoms with Gasteiger partial charge in [0, 0.05) is 18.2 Å². The minimum absolute atomic E-state index is 0.202. The van der Waals surface area contributed by atoms with Crippen LogP contribution in [0.15, 0.2) is 6.07 Å². The summed E-state index contributed by atoms with van der Waals surface area (Å²) < 4.78 is 38.7. The van der Waals surface area contributed by atoms with Crippen LogP contribution in [0.4, 0.5) is 24.8 Å². The third-order valence-electron chi connectivity index (χ3n) is 3.58. The fourth-order valence-electron chi connectivity index (χ4n) is 2.22. The van der Waals surface area contributed by atoms with Gasteiger partial charge in [0.2, 0.25) is 5.82 Å². The molecule has 7 heteroatoms. The van der Waals surface area contributed by atoms with Gasteiger partial charge in [-0.15, -0.1) is 0 Å². The number of anilines is 2. The molecule has 0 saturated heterocycles. The maximum absolute atomic E-state index is 12.9. The normalized spacial score (nSPS) is 15.9. The zero-order valence-corrected chi connectivity index (χ0v) is 12.5. The van der Waals surface area contributed by atoms with Crippen molar-refractivity contribution >= 4 is 11.6 Å². The number of alkyl halides is 3. The van der Waals surface area contributed by atoms with Gasteiger partial charge in [0.1, 0.15) is 11.6 Å². The summed E-state index contributed by atoms with van der Waals surface area (Å²) in [5.74, 6) is -0.215. The van der Waals surface area contributed by atoms with Crippen molar-refractivity contribution < 1.29 is 13.2 Å². The minimum atomic E-state index is -4.55. The summed E-state index contributed by atoms with van der Waals surface area (Å²) in [7, 11) is 0. The van der Waals surface area contributed by atoms with E-state index in [2.05, 4.69) is 20.6 Å². The highest BCUT2D eigenvalue weighted by Gasteiger charge is 2.39. The Kier molecular flexibility index (Phi) is 4.30. The Morgan fingerprint density at radius 3 is 2.33 bits per heavy atom. The van der Waals surface area contributed by atoms with Crippen LogP contribution < -0.4 is 10.6 Å². The van der Waals surface area contributed by atoms with E-state index in [4.69, 9.17) is 0 Å². The van der Waals surface area contributed by atoms with Crippen molar-refractivity contribution in [3.63, 3.8) is 0 Å². The highest BCUT2D eigenvalue weighted by Crippen LogP contribution is 2.41. The first kappa shape index (κ1) is 15.9. The smallest absolute Gasteiger partial charge is 0.370 e. The number of aromatic nitrogens is 2. The Bertz CT molecular complexity index is 495. The van der Waals surface area contributed by atoms with Gasteiger partial charge in [-0.05, 0) is 39.0 Å². The van der Waals surface area contributed by atoms with Crippen LogP contribution in [-0.2, 0) is 6.18 Å². The van der Waals surface area contributed by atoms with Crippen LogP contribution in [0.25, 0.3) is 0 Å². The predicted octanol–water partition coefficient (Wildman–Crippen LogP) is 3.92. The predicted molar refractivity (Wildman–Crippen MR) is 76.2 cm³/mol. The molecule has 1 aliphatic carbocycles. The average Bonchev–Trinajstić information content (AvgIpc) is 3.19. The van der Waals surface area contributed by atoms with E-state index < -0.39 is 12.0 Å². The monoisotopic (exact) mass is 302 g/mol. The molecule has 4 nitrogen and oxygen atoms in total. The Morgan fingerprint density at radius 1 is 1.19 bits per heavy atom. The fourth-order valence-corrected chi connectivity index (χ4v) is 2.22. The van der Waals surface area contributed by atoms with Crippen LogP contribution in [0.3, 0.4) is 0 Å². The van der Waals surface area contributed by atoms with E-state index in [1.54, 1.807) is 0 Å². The number of nitrogens with zero attached hydrogens (tertiary/aromatic N) is 2. The second-order valence-electron chi connectivity index (χ2n) is 6.01. The molecule has 21 heavy (non-hydrogen) atoms. The number of nitrogens with one attached hydrogen (secondary N) is 2. The second kappa shape index (κ2) is 5.69. The molecule has 1 saturated carbocycles. The lowest BCUT2D eigenvalue weighted by molar-refractivity contribution is -0.144. The maximum atomic E-state index is 12.9. The van der Waals surface area contributed by atoms with E-state index in [1.807, 2.05) is 20.8 Å². The second-order valence-corrected chi connectivity index (χ2v) is 6.01. The van der Waals surface area contributed by atoms with Gasteiger partial charge >= 0.3 is 6.18 Å². The van der Waals surface area contributed by atoms with E-state index in [-0.39, 0.29) is 17.2 Å². The average molecular weight is 302 g/mol. The van der Waals surface area contributed by atoms with Crippen molar-refractivity contribution in [3.05, 3.63) is 11.9 Å². The molecule has 0 aromatic carbocycles. The molecule has 2 rings (SSSR count). The van der Waals surface area contributed by atoms with Crippen molar-refractivity contribution in [2.24, 2.45) is 5.92 Å². The van der Waals surface area contributed by atoms with Crippen molar-refractivity contribution in [2.45, 2.75) is 51.7 Å². The molecule has 118 valence electrons. The number of hydrogen-bond acceptors (Lipinski definition) is 4. The van der Waals surface area contributed by atoms with Gasteiger partial charge in [0.05, 0.1) is 0 Å². The lowest BCUT2D eigenvalue weighted by Crippen LogP contribution is -2.34. The molecule has 0 unspecified atom stereocenters. The third-order valence-corrected chi connectivity index (χ3v) is 3.58. The van der Waals surface area contributed by atoms with E-state index in [0.29, 0.717) is 12.5 Å².